The Kier molecular flexibility index (Phi) is 8.07. The normalized spacial score (nSPS) is 35.8. The molecule has 5 heteroatoms. The molecule has 0 amide bonds. The van der Waals surface area contributed by atoms with Gasteiger partial charge in [0.25, 0.3) is 0 Å². The molecule has 2 aliphatic carbocycles. The van der Waals surface area contributed by atoms with Crippen LogP contribution >= 0.6 is 12.4 Å². The van der Waals surface area contributed by atoms with Crippen molar-refractivity contribution in [3.8, 4) is 0 Å². The van der Waals surface area contributed by atoms with Gasteiger partial charge in [-0.05, 0) is 57.5 Å². The highest BCUT2D eigenvalue weighted by atomic mass is 35.5. The van der Waals surface area contributed by atoms with Crippen LogP contribution in [-0.4, -0.2) is 61.9 Å². The van der Waals surface area contributed by atoms with Gasteiger partial charge in [0.15, 0.2) is 0 Å². The van der Waals surface area contributed by atoms with E-state index in [2.05, 4.69) is 15.5 Å². The topological polar surface area (TPSA) is 36.5 Å². The summed E-state index contributed by atoms with van der Waals surface area (Å²) >= 11 is 0. The van der Waals surface area contributed by atoms with Crippen molar-refractivity contribution in [3.05, 3.63) is 0 Å². The molecular formula is C21H40ClN3O. The average Bonchev–Trinajstić information content (AvgIpc) is 3.17. The van der Waals surface area contributed by atoms with Gasteiger partial charge in [-0.15, -0.1) is 12.4 Å². The summed E-state index contributed by atoms with van der Waals surface area (Å²) in [6.45, 7) is 6.74. The molecule has 0 radical (unpaired) electrons. The molecule has 0 aromatic heterocycles. The highest BCUT2D eigenvalue weighted by Gasteiger charge is 2.40. The number of rotatable bonds is 5. The van der Waals surface area contributed by atoms with Crippen LogP contribution in [0.25, 0.3) is 0 Å². The SMILES string of the molecule is C1CCN(C2(CNC3CCCC3C3COCCN3)CCCCC2)CC1.Cl. The third-order valence-electron chi connectivity index (χ3n) is 7.54. The summed E-state index contributed by atoms with van der Waals surface area (Å²) in [5, 5.41) is 7.83. The summed E-state index contributed by atoms with van der Waals surface area (Å²) in [4.78, 5) is 2.88. The van der Waals surface area contributed by atoms with Gasteiger partial charge in [0.1, 0.15) is 0 Å². The van der Waals surface area contributed by atoms with Gasteiger partial charge in [-0.3, -0.25) is 4.90 Å². The van der Waals surface area contributed by atoms with E-state index in [0.29, 0.717) is 17.6 Å². The molecule has 0 aromatic rings. The lowest BCUT2D eigenvalue weighted by atomic mass is 9.78. The third-order valence-corrected chi connectivity index (χ3v) is 7.54. The van der Waals surface area contributed by atoms with Crippen molar-refractivity contribution in [2.45, 2.75) is 88.3 Å². The van der Waals surface area contributed by atoms with Gasteiger partial charge in [0.2, 0.25) is 0 Å². The quantitative estimate of drug-likeness (QED) is 0.760. The fourth-order valence-corrected chi connectivity index (χ4v) is 6.09. The van der Waals surface area contributed by atoms with Crippen molar-refractivity contribution >= 4 is 12.4 Å². The Morgan fingerprint density at radius 3 is 2.46 bits per heavy atom. The molecule has 2 heterocycles. The average molecular weight is 386 g/mol. The minimum Gasteiger partial charge on any atom is -0.379 e. The molecule has 2 aliphatic heterocycles. The number of morpholine rings is 1. The second-order valence-electron chi connectivity index (χ2n) is 9.05. The summed E-state index contributed by atoms with van der Waals surface area (Å²) in [5.41, 5.74) is 0.461. The molecule has 2 N–H and O–H groups in total. The molecule has 3 atom stereocenters. The number of nitrogens with one attached hydrogen (secondary N) is 2. The van der Waals surface area contributed by atoms with Crippen molar-refractivity contribution < 1.29 is 4.74 Å². The van der Waals surface area contributed by atoms with Crippen LogP contribution in [0.5, 0.6) is 0 Å². The summed E-state index contributed by atoms with van der Waals surface area (Å²) in [6, 6.07) is 1.27. The minimum absolute atomic E-state index is 0. The van der Waals surface area contributed by atoms with E-state index in [-0.39, 0.29) is 12.4 Å². The largest absolute Gasteiger partial charge is 0.379 e. The third kappa shape index (κ3) is 4.75. The van der Waals surface area contributed by atoms with Crippen LogP contribution in [0.2, 0.25) is 0 Å². The molecule has 4 nitrogen and oxygen atoms in total. The van der Waals surface area contributed by atoms with E-state index >= 15 is 0 Å². The van der Waals surface area contributed by atoms with Crippen LogP contribution in [0.4, 0.5) is 0 Å². The van der Waals surface area contributed by atoms with E-state index in [1.165, 1.54) is 90.3 Å². The zero-order chi connectivity index (χ0) is 17.0. The van der Waals surface area contributed by atoms with Gasteiger partial charge in [0.05, 0.1) is 13.2 Å². The van der Waals surface area contributed by atoms with Crippen LogP contribution in [0.15, 0.2) is 0 Å². The standard InChI is InChI=1S/C21H39N3O.ClH/c1-3-10-21(11-4-1,24-13-5-2-6-14-24)17-23-19-9-7-8-18(19)20-16-25-15-12-22-20;/h18-20,22-23H,1-17H2;1H. The maximum Gasteiger partial charge on any atom is 0.0623 e. The zero-order valence-corrected chi connectivity index (χ0v) is 17.3. The molecular weight excluding hydrogens is 346 g/mol. The number of ether oxygens (including phenoxy) is 1. The molecule has 0 spiro atoms. The van der Waals surface area contributed by atoms with E-state index in [0.717, 1.165) is 25.7 Å². The molecule has 26 heavy (non-hydrogen) atoms. The predicted octanol–water partition coefficient (Wildman–Crippen LogP) is 3.34. The Bertz CT molecular complexity index is 404. The van der Waals surface area contributed by atoms with Crippen LogP contribution in [-0.2, 0) is 4.74 Å². The summed E-state index contributed by atoms with van der Waals surface area (Å²) in [5.74, 6) is 0.766. The maximum atomic E-state index is 5.75. The van der Waals surface area contributed by atoms with Crippen molar-refractivity contribution in [2.24, 2.45) is 5.92 Å². The van der Waals surface area contributed by atoms with E-state index < -0.39 is 0 Å². The Morgan fingerprint density at radius 2 is 1.73 bits per heavy atom. The van der Waals surface area contributed by atoms with Crippen molar-refractivity contribution in [2.75, 3.05) is 39.4 Å². The number of hydrogen-bond acceptors (Lipinski definition) is 4. The van der Waals surface area contributed by atoms with Crippen LogP contribution in [0.3, 0.4) is 0 Å². The van der Waals surface area contributed by atoms with Gasteiger partial charge in [-0.2, -0.15) is 0 Å². The Labute approximate surface area is 166 Å². The molecule has 0 aromatic carbocycles. The van der Waals surface area contributed by atoms with Crippen LogP contribution in [0.1, 0.15) is 70.6 Å². The predicted molar refractivity (Wildman–Crippen MR) is 110 cm³/mol. The highest BCUT2D eigenvalue weighted by Crippen LogP contribution is 2.36. The highest BCUT2D eigenvalue weighted by molar-refractivity contribution is 5.85. The molecule has 4 fully saturated rings. The van der Waals surface area contributed by atoms with E-state index in [4.69, 9.17) is 4.74 Å². The van der Waals surface area contributed by atoms with Gasteiger partial charge in [-0.1, -0.05) is 32.1 Å². The molecule has 0 bridgehead atoms. The molecule has 4 aliphatic rings. The molecule has 3 unspecified atom stereocenters. The monoisotopic (exact) mass is 385 g/mol. The number of nitrogens with zero attached hydrogens (tertiary/aromatic N) is 1. The first-order chi connectivity index (χ1) is 12.4. The van der Waals surface area contributed by atoms with E-state index in [9.17, 15) is 0 Å². The van der Waals surface area contributed by atoms with Crippen LogP contribution < -0.4 is 10.6 Å². The van der Waals surface area contributed by atoms with Gasteiger partial charge in [0, 0.05) is 30.7 Å². The Morgan fingerprint density at radius 1 is 0.962 bits per heavy atom. The number of halogens is 1. The fourth-order valence-electron chi connectivity index (χ4n) is 6.09. The van der Waals surface area contributed by atoms with Crippen molar-refractivity contribution in [3.63, 3.8) is 0 Å². The number of piperidine rings is 1. The summed E-state index contributed by atoms with van der Waals surface area (Å²) in [7, 11) is 0. The lowest BCUT2D eigenvalue weighted by Gasteiger charge is -2.49. The number of hydrogen-bond donors (Lipinski definition) is 2. The molecule has 4 rings (SSSR count). The first kappa shape index (κ1) is 20.9. The maximum absolute atomic E-state index is 5.75. The molecule has 152 valence electrons. The Balaban J connectivity index is 0.00000196. The molecule has 2 saturated carbocycles. The van der Waals surface area contributed by atoms with E-state index in [1.54, 1.807) is 0 Å². The molecule has 2 saturated heterocycles. The smallest absolute Gasteiger partial charge is 0.0623 e. The second kappa shape index (κ2) is 10.1. The van der Waals surface area contributed by atoms with Gasteiger partial charge in [-0.25, -0.2) is 0 Å². The first-order valence-corrected chi connectivity index (χ1v) is 11.2. The Hall–Kier alpha value is 0.130. The van der Waals surface area contributed by atoms with E-state index in [1.807, 2.05) is 0 Å². The lowest BCUT2D eigenvalue weighted by molar-refractivity contribution is 0.0254. The summed E-state index contributed by atoms with van der Waals surface area (Å²) < 4.78 is 5.75. The van der Waals surface area contributed by atoms with Gasteiger partial charge >= 0.3 is 0 Å². The van der Waals surface area contributed by atoms with Gasteiger partial charge < -0.3 is 15.4 Å². The fraction of sp³-hybridized carbons (Fsp3) is 1.00. The second-order valence-corrected chi connectivity index (χ2v) is 9.05. The first-order valence-electron chi connectivity index (χ1n) is 11.2. The number of likely N-dealkylation sites (tertiary alicyclic amines) is 1. The summed E-state index contributed by atoms with van der Waals surface area (Å²) in [6.07, 6.45) is 15.5. The lowest BCUT2D eigenvalue weighted by Crippen LogP contribution is -2.60. The van der Waals surface area contributed by atoms with Crippen molar-refractivity contribution in [1.82, 2.24) is 15.5 Å². The van der Waals surface area contributed by atoms with Crippen molar-refractivity contribution in [1.29, 1.82) is 0 Å². The minimum atomic E-state index is 0. The van der Waals surface area contributed by atoms with Crippen LogP contribution in [0, 0.1) is 5.92 Å². The zero-order valence-electron chi connectivity index (χ0n) is 16.5.